The maximum Gasteiger partial charge on any atom is 0.276 e. The Hall–Kier alpha value is -3.21. The van der Waals surface area contributed by atoms with Crippen LogP contribution in [0.1, 0.15) is 22.3 Å². The SMILES string of the molecule is O=C(Nc1ccc(N2CCOCC2)nc1)c1cc2c(nn1)NC(c1c(Cl)ccc(F)c1Cl)O2. The van der Waals surface area contributed by atoms with Crippen LogP contribution in [-0.4, -0.2) is 47.4 Å². The molecule has 1 saturated heterocycles. The Bertz CT molecular complexity index is 1210. The number of ether oxygens (including phenoxy) is 2. The highest BCUT2D eigenvalue weighted by atomic mass is 35.5. The number of benzene rings is 1. The maximum atomic E-state index is 13.9. The molecule has 0 radical (unpaired) electrons. The Balaban J connectivity index is 1.28. The zero-order chi connectivity index (χ0) is 22.9. The molecular weight excluding hydrogens is 474 g/mol. The van der Waals surface area contributed by atoms with Crippen molar-refractivity contribution < 1.29 is 18.7 Å². The highest BCUT2D eigenvalue weighted by molar-refractivity contribution is 6.36. The van der Waals surface area contributed by atoms with Gasteiger partial charge in [-0.2, -0.15) is 0 Å². The van der Waals surface area contributed by atoms with Crippen molar-refractivity contribution >= 4 is 46.4 Å². The average molecular weight is 491 g/mol. The Morgan fingerprint density at radius 3 is 2.76 bits per heavy atom. The van der Waals surface area contributed by atoms with Gasteiger partial charge in [-0.3, -0.25) is 4.79 Å². The van der Waals surface area contributed by atoms with Gasteiger partial charge in [0.15, 0.2) is 17.3 Å². The Morgan fingerprint density at radius 1 is 1.18 bits per heavy atom. The average Bonchev–Trinajstić information content (AvgIpc) is 3.25. The predicted octanol–water partition coefficient (Wildman–Crippen LogP) is 3.91. The lowest BCUT2D eigenvalue weighted by Gasteiger charge is -2.27. The van der Waals surface area contributed by atoms with Crippen LogP contribution in [0.4, 0.5) is 21.7 Å². The molecule has 2 N–H and O–H groups in total. The first-order valence-corrected chi connectivity index (χ1v) is 10.8. The second-order valence-electron chi connectivity index (χ2n) is 7.30. The molecule has 1 unspecified atom stereocenters. The Morgan fingerprint density at radius 2 is 2.00 bits per heavy atom. The molecule has 0 spiro atoms. The molecule has 2 aromatic heterocycles. The van der Waals surface area contributed by atoms with Crippen LogP contribution >= 0.6 is 23.2 Å². The van der Waals surface area contributed by atoms with Crippen molar-refractivity contribution in [3.8, 4) is 5.75 Å². The first kappa shape index (κ1) is 21.6. The Labute approximate surface area is 197 Å². The first-order chi connectivity index (χ1) is 16.0. The van der Waals surface area contributed by atoms with Crippen LogP contribution in [0.15, 0.2) is 36.5 Å². The van der Waals surface area contributed by atoms with Crippen molar-refractivity contribution in [2.45, 2.75) is 6.23 Å². The van der Waals surface area contributed by atoms with Crippen molar-refractivity contribution in [3.63, 3.8) is 0 Å². The maximum absolute atomic E-state index is 13.9. The molecule has 1 fully saturated rings. The Kier molecular flexibility index (Phi) is 5.88. The molecule has 4 heterocycles. The number of carbonyl (C=O) groups is 1. The van der Waals surface area contributed by atoms with E-state index in [0.717, 1.165) is 18.9 Å². The molecule has 0 saturated carbocycles. The van der Waals surface area contributed by atoms with Gasteiger partial charge in [-0.25, -0.2) is 9.37 Å². The lowest BCUT2D eigenvalue weighted by atomic mass is 10.2. The molecule has 2 aliphatic rings. The number of rotatable bonds is 4. The van der Waals surface area contributed by atoms with Gasteiger partial charge < -0.3 is 25.0 Å². The van der Waals surface area contributed by atoms with Gasteiger partial charge in [0.1, 0.15) is 11.6 Å². The third-order valence-electron chi connectivity index (χ3n) is 5.19. The number of hydrogen-bond acceptors (Lipinski definition) is 8. The molecule has 9 nitrogen and oxygen atoms in total. The van der Waals surface area contributed by atoms with E-state index in [4.69, 9.17) is 32.7 Å². The summed E-state index contributed by atoms with van der Waals surface area (Å²) in [4.78, 5) is 19.2. The zero-order valence-corrected chi connectivity index (χ0v) is 18.5. The molecule has 0 aliphatic carbocycles. The van der Waals surface area contributed by atoms with Gasteiger partial charge in [-0.15, -0.1) is 10.2 Å². The van der Waals surface area contributed by atoms with Gasteiger partial charge in [-0.05, 0) is 24.3 Å². The molecule has 5 rings (SSSR count). The summed E-state index contributed by atoms with van der Waals surface area (Å²) in [5.74, 6) is 0.243. The largest absolute Gasteiger partial charge is 0.462 e. The summed E-state index contributed by atoms with van der Waals surface area (Å²) in [6, 6.07) is 7.58. The summed E-state index contributed by atoms with van der Waals surface area (Å²) >= 11 is 12.2. The highest BCUT2D eigenvalue weighted by Gasteiger charge is 2.31. The van der Waals surface area contributed by atoms with E-state index >= 15 is 0 Å². The normalized spacial score (nSPS) is 17.2. The third kappa shape index (κ3) is 4.37. The van der Waals surface area contributed by atoms with Crippen LogP contribution in [0.2, 0.25) is 10.0 Å². The summed E-state index contributed by atoms with van der Waals surface area (Å²) in [7, 11) is 0. The summed E-state index contributed by atoms with van der Waals surface area (Å²) in [6.45, 7) is 2.86. The molecular formula is C21H17Cl2FN6O3. The third-order valence-corrected chi connectivity index (χ3v) is 5.90. The quantitative estimate of drug-likeness (QED) is 0.530. The molecule has 170 valence electrons. The molecule has 1 atom stereocenters. The number of anilines is 3. The van der Waals surface area contributed by atoms with Crippen molar-refractivity contribution in [1.82, 2.24) is 15.2 Å². The van der Waals surface area contributed by atoms with Gasteiger partial charge >= 0.3 is 0 Å². The van der Waals surface area contributed by atoms with Gasteiger partial charge in [0.05, 0.1) is 40.7 Å². The fourth-order valence-electron chi connectivity index (χ4n) is 3.50. The summed E-state index contributed by atoms with van der Waals surface area (Å²) in [5.41, 5.74) is 0.771. The molecule has 12 heteroatoms. The van der Waals surface area contributed by atoms with E-state index in [1.54, 1.807) is 12.3 Å². The van der Waals surface area contributed by atoms with Crippen molar-refractivity contribution in [3.05, 3.63) is 63.6 Å². The van der Waals surface area contributed by atoms with E-state index < -0.39 is 18.0 Å². The molecule has 3 aromatic rings. The van der Waals surface area contributed by atoms with Gasteiger partial charge in [0.2, 0.25) is 6.23 Å². The smallest absolute Gasteiger partial charge is 0.276 e. The number of fused-ring (bicyclic) bond motifs is 1. The second kappa shape index (κ2) is 8.97. The monoisotopic (exact) mass is 490 g/mol. The number of aromatic nitrogens is 3. The summed E-state index contributed by atoms with van der Waals surface area (Å²) in [6.07, 6.45) is 0.700. The number of amides is 1. The van der Waals surface area contributed by atoms with Crippen LogP contribution in [0.3, 0.4) is 0 Å². The fourth-order valence-corrected chi connectivity index (χ4v) is 4.07. The van der Waals surface area contributed by atoms with Gasteiger partial charge in [-0.1, -0.05) is 23.2 Å². The highest BCUT2D eigenvalue weighted by Crippen LogP contribution is 2.41. The summed E-state index contributed by atoms with van der Waals surface area (Å²) < 4.78 is 25.0. The number of nitrogens with zero attached hydrogens (tertiary/aromatic N) is 4. The van der Waals surface area contributed by atoms with E-state index in [2.05, 4.69) is 30.7 Å². The minimum atomic E-state index is -0.875. The van der Waals surface area contributed by atoms with E-state index in [1.807, 2.05) is 6.07 Å². The minimum absolute atomic E-state index is 0.0323. The number of pyridine rings is 1. The zero-order valence-electron chi connectivity index (χ0n) is 17.0. The summed E-state index contributed by atoms with van der Waals surface area (Å²) in [5, 5.41) is 13.7. The van der Waals surface area contributed by atoms with Crippen molar-refractivity contribution in [2.24, 2.45) is 0 Å². The topological polar surface area (TPSA) is 102 Å². The molecule has 33 heavy (non-hydrogen) atoms. The number of carbonyl (C=O) groups excluding carboxylic acids is 1. The van der Waals surface area contributed by atoms with E-state index in [-0.39, 0.29) is 32.9 Å². The van der Waals surface area contributed by atoms with Crippen LogP contribution in [-0.2, 0) is 4.74 Å². The van der Waals surface area contributed by atoms with Gasteiger partial charge in [0.25, 0.3) is 5.91 Å². The van der Waals surface area contributed by atoms with Gasteiger partial charge in [0, 0.05) is 19.2 Å². The number of hydrogen-bond donors (Lipinski definition) is 2. The van der Waals surface area contributed by atoms with E-state index in [9.17, 15) is 9.18 Å². The lowest BCUT2D eigenvalue weighted by Crippen LogP contribution is -2.36. The fraction of sp³-hybridized carbons (Fsp3) is 0.238. The van der Waals surface area contributed by atoms with E-state index in [1.165, 1.54) is 18.2 Å². The second-order valence-corrected chi connectivity index (χ2v) is 8.09. The standard InChI is InChI=1S/C21H17Cl2FN6O3/c22-12-2-3-13(24)18(23)17(12)21-27-19-15(33-21)9-14(28-29-19)20(31)26-11-1-4-16(25-10-11)30-5-7-32-8-6-30/h1-4,9-10,21H,5-8H2,(H,26,31)(H,27,29). The molecule has 1 aromatic carbocycles. The molecule has 2 aliphatic heterocycles. The number of halogens is 3. The predicted molar refractivity (Wildman–Crippen MR) is 121 cm³/mol. The first-order valence-electron chi connectivity index (χ1n) is 10.0. The number of nitrogens with one attached hydrogen (secondary N) is 2. The van der Waals surface area contributed by atoms with Crippen LogP contribution in [0.25, 0.3) is 0 Å². The van der Waals surface area contributed by atoms with Crippen LogP contribution in [0.5, 0.6) is 5.75 Å². The van der Waals surface area contributed by atoms with Crippen molar-refractivity contribution in [1.29, 1.82) is 0 Å². The van der Waals surface area contributed by atoms with E-state index in [0.29, 0.717) is 18.9 Å². The van der Waals surface area contributed by atoms with Crippen LogP contribution in [0, 0.1) is 5.82 Å². The lowest BCUT2D eigenvalue weighted by molar-refractivity contribution is 0.102. The minimum Gasteiger partial charge on any atom is -0.462 e. The molecule has 1 amide bonds. The number of morpholine rings is 1. The molecule has 0 bridgehead atoms. The van der Waals surface area contributed by atoms with Crippen LogP contribution < -0.4 is 20.3 Å². The van der Waals surface area contributed by atoms with Crippen molar-refractivity contribution in [2.75, 3.05) is 41.8 Å².